The lowest BCUT2D eigenvalue weighted by atomic mass is 10.1. The van der Waals surface area contributed by atoms with Crippen molar-refractivity contribution in [1.29, 1.82) is 0 Å². The highest BCUT2D eigenvalue weighted by molar-refractivity contribution is 5.96. The lowest BCUT2D eigenvalue weighted by Crippen LogP contribution is -2.40. The number of nitro benzene ring substituents is 1. The van der Waals surface area contributed by atoms with E-state index in [-0.39, 0.29) is 11.6 Å². The predicted octanol–water partition coefficient (Wildman–Crippen LogP) is 4.56. The molecule has 188 valence electrons. The number of anilines is 1. The van der Waals surface area contributed by atoms with E-state index in [4.69, 9.17) is 9.84 Å². The van der Waals surface area contributed by atoms with Crippen LogP contribution in [0, 0.1) is 10.1 Å². The molecule has 0 aliphatic carbocycles. The zero-order valence-electron chi connectivity index (χ0n) is 20.5. The molecule has 1 amide bonds. The van der Waals surface area contributed by atoms with Crippen LogP contribution in [0.1, 0.15) is 15.9 Å². The van der Waals surface area contributed by atoms with Gasteiger partial charge in [0.05, 0.1) is 29.5 Å². The number of hydrogen-bond acceptors (Lipinski definition) is 6. The summed E-state index contributed by atoms with van der Waals surface area (Å²) in [6, 6.07) is 24.3. The largest absolute Gasteiger partial charge is 0.378 e. The molecule has 37 heavy (non-hydrogen) atoms. The molecular weight excluding hydrogens is 470 g/mol. The summed E-state index contributed by atoms with van der Waals surface area (Å²) in [7, 11) is 1.81. The van der Waals surface area contributed by atoms with Crippen LogP contribution < -0.4 is 4.90 Å². The molecule has 0 N–H and O–H groups in total. The average Bonchev–Trinajstić information content (AvgIpc) is 3.37. The average molecular weight is 498 g/mol. The van der Waals surface area contributed by atoms with Gasteiger partial charge in [-0.25, -0.2) is 4.68 Å². The Morgan fingerprint density at radius 1 is 1.03 bits per heavy atom. The van der Waals surface area contributed by atoms with E-state index in [1.54, 1.807) is 24.1 Å². The van der Waals surface area contributed by atoms with E-state index in [1.165, 1.54) is 6.07 Å². The fraction of sp³-hybridized carbons (Fsp3) is 0.214. The number of ether oxygens (including phenoxy) is 1. The van der Waals surface area contributed by atoms with Gasteiger partial charge in [0.2, 0.25) is 0 Å². The summed E-state index contributed by atoms with van der Waals surface area (Å²) in [5, 5.41) is 16.9. The van der Waals surface area contributed by atoms with Crippen molar-refractivity contribution >= 4 is 17.3 Å². The molecule has 0 radical (unpaired) electrons. The molecule has 9 heteroatoms. The summed E-state index contributed by atoms with van der Waals surface area (Å²) in [4.78, 5) is 28.0. The lowest BCUT2D eigenvalue weighted by molar-refractivity contribution is -0.384. The van der Waals surface area contributed by atoms with Crippen LogP contribution >= 0.6 is 0 Å². The van der Waals surface area contributed by atoms with Crippen molar-refractivity contribution in [3.05, 3.63) is 106 Å². The molecule has 1 fully saturated rings. The Labute approximate surface area is 214 Å². The van der Waals surface area contributed by atoms with Crippen LogP contribution in [0.4, 0.5) is 11.4 Å². The summed E-state index contributed by atoms with van der Waals surface area (Å²) in [5.41, 5.74) is 4.21. The third kappa shape index (κ3) is 5.22. The molecule has 0 bridgehead atoms. The zero-order chi connectivity index (χ0) is 25.8. The molecule has 4 aromatic rings. The van der Waals surface area contributed by atoms with Gasteiger partial charge in [-0.3, -0.25) is 14.9 Å². The van der Waals surface area contributed by atoms with Crippen molar-refractivity contribution in [2.45, 2.75) is 6.54 Å². The number of rotatable bonds is 7. The van der Waals surface area contributed by atoms with Crippen LogP contribution in [-0.4, -0.2) is 58.9 Å². The van der Waals surface area contributed by atoms with Gasteiger partial charge in [-0.05, 0) is 24.3 Å². The number of nitro groups is 1. The summed E-state index contributed by atoms with van der Waals surface area (Å²) >= 11 is 0. The van der Waals surface area contributed by atoms with E-state index in [0.717, 1.165) is 22.5 Å². The van der Waals surface area contributed by atoms with Crippen LogP contribution in [0.25, 0.3) is 16.9 Å². The van der Waals surface area contributed by atoms with Crippen molar-refractivity contribution in [1.82, 2.24) is 14.7 Å². The number of para-hydroxylation sites is 1. The second kappa shape index (κ2) is 10.6. The Balaban J connectivity index is 1.47. The molecular formula is C28H27N5O4. The fourth-order valence-electron chi connectivity index (χ4n) is 4.49. The lowest BCUT2D eigenvalue weighted by Gasteiger charge is -2.27. The number of benzene rings is 3. The third-order valence-corrected chi connectivity index (χ3v) is 6.39. The van der Waals surface area contributed by atoms with Crippen LogP contribution in [-0.2, 0) is 11.3 Å². The fourth-order valence-corrected chi connectivity index (χ4v) is 4.49. The van der Waals surface area contributed by atoms with Gasteiger partial charge >= 0.3 is 0 Å². The number of nitrogens with zero attached hydrogens (tertiary/aromatic N) is 5. The minimum absolute atomic E-state index is 0.113. The molecule has 0 atom stereocenters. The number of aromatic nitrogens is 2. The number of amides is 1. The number of morpholine rings is 1. The first-order valence-electron chi connectivity index (χ1n) is 12.1. The van der Waals surface area contributed by atoms with Crippen LogP contribution in [0.2, 0.25) is 0 Å². The second-order valence-corrected chi connectivity index (χ2v) is 8.87. The van der Waals surface area contributed by atoms with E-state index in [9.17, 15) is 14.9 Å². The molecule has 1 aliphatic heterocycles. The van der Waals surface area contributed by atoms with Crippen LogP contribution in [0.15, 0.2) is 85.1 Å². The Morgan fingerprint density at radius 3 is 2.38 bits per heavy atom. The first-order valence-corrected chi connectivity index (χ1v) is 12.1. The van der Waals surface area contributed by atoms with Gasteiger partial charge in [-0.1, -0.05) is 48.5 Å². The predicted molar refractivity (Wildman–Crippen MR) is 141 cm³/mol. The first kappa shape index (κ1) is 24.2. The molecule has 3 aromatic carbocycles. The normalized spacial score (nSPS) is 13.4. The number of carbonyl (C=O) groups excluding carboxylic acids is 1. The standard InChI is InChI=1S/C28H27N5O4/c1-30(25-13-12-22(18-26(25)33(35)36)28(34)31-14-16-37-17-15-31)19-23-20-32(24-10-6-3-7-11-24)29-27(23)21-8-4-2-5-9-21/h2-13,18,20H,14-17,19H2,1H3. The van der Waals surface area contributed by atoms with Crippen molar-refractivity contribution in [3.63, 3.8) is 0 Å². The summed E-state index contributed by atoms with van der Waals surface area (Å²) < 4.78 is 7.13. The second-order valence-electron chi connectivity index (χ2n) is 8.87. The van der Waals surface area contributed by atoms with E-state index >= 15 is 0 Å². The Morgan fingerprint density at radius 2 is 1.70 bits per heavy atom. The Bertz CT molecular complexity index is 1400. The monoisotopic (exact) mass is 497 g/mol. The van der Waals surface area contributed by atoms with Gasteiger partial charge in [-0.2, -0.15) is 5.10 Å². The van der Waals surface area contributed by atoms with Gasteiger partial charge in [0.1, 0.15) is 5.69 Å². The molecule has 1 saturated heterocycles. The highest BCUT2D eigenvalue weighted by Gasteiger charge is 2.25. The van der Waals surface area contributed by atoms with Gasteiger partial charge in [0.25, 0.3) is 11.6 Å². The maximum atomic E-state index is 12.9. The number of carbonyl (C=O) groups is 1. The molecule has 1 aromatic heterocycles. The molecule has 5 rings (SSSR count). The summed E-state index contributed by atoms with van der Waals surface area (Å²) in [6.45, 7) is 2.27. The van der Waals surface area contributed by atoms with Gasteiger partial charge in [0, 0.05) is 55.6 Å². The topological polar surface area (TPSA) is 93.7 Å². The molecule has 9 nitrogen and oxygen atoms in total. The van der Waals surface area contributed by atoms with E-state index in [0.29, 0.717) is 44.1 Å². The Hall–Kier alpha value is -4.50. The quantitative estimate of drug-likeness (QED) is 0.275. The smallest absolute Gasteiger partial charge is 0.293 e. The Kier molecular flexibility index (Phi) is 6.96. The highest BCUT2D eigenvalue weighted by Crippen LogP contribution is 2.32. The summed E-state index contributed by atoms with van der Waals surface area (Å²) in [5.74, 6) is -0.226. The van der Waals surface area contributed by atoms with Gasteiger partial charge in [-0.15, -0.1) is 0 Å². The van der Waals surface area contributed by atoms with Crippen LogP contribution in [0.3, 0.4) is 0 Å². The maximum Gasteiger partial charge on any atom is 0.293 e. The molecule has 1 aliphatic rings. The van der Waals surface area contributed by atoms with Crippen molar-refractivity contribution in [3.8, 4) is 16.9 Å². The molecule has 2 heterocycles. The van der Waals surface area contributed by atoms with Crippen LogP contribution in [0.5, 0.6) is 0 Å². The van der Waals surface area contributed by atoms with E-state index in [1.807, 2.05) is 76.4 Å². The SMILES string of the molecule is CN(Cc1cn(-c2ccccc2)nc1-c1ccccc1)c1ccc(C(=O)N2CCOCC2)cc1[N+](=O)[O-]. The molecule has 0 saturated carbocycles. The molecule has 0 spiro atoms. The molecule has 0 unspecified atom stereocenters. The number of hydrogen-bond donors (Lipinski definition) is 0. The van der Waals surface area contributed by atoms with E-state index < -0.39 is 4.92 Å². The highest BCUT2D eigenvalue weighted by atomic mass is 16.6. The summed E-state index contributed by atoms with van der Waals surface area (Å²) in [6.07, 6.45) is 1.95. The van der Waals surface area contributed by atoms with Crippen molar-refractivity contribution < 1.29 is 14.5 Å². The third-order valence-electron chi connectivity index (χ3n) is 6.39. The van der Waals surface area contributed by atoms with Crippen molar-refractivity contribution in [2.75, 3.05) is 38.3 Å². The minimum Gasteiger partial charge on any atom is -0.378 e. The van der Waals surface area contributed by atoms with E-state index in [2.05, 4.69) is 0 Å². The van der Waals surface area contributed by atoms with Gasteiger partial charge < -0.3 is 14.5 Å². The van der Waals surface area contributed by atoms with Crippen molar-refractivity contribution in [2.24, 2.45) is 0 Å². The zero-order valence-corrected chi connectivity index (χ0v) is 20.5. The maximum absolute atomic E-state index is 12.9. The minimum atomic E-state index is -0.437. The van der Waals surface area contributed by atoms with Gasteiger partial charge in [0.15, 0.2) is 0 Å². The first-order chi connectivity index (χ1) is 18.0.